The van der Waals surface area contributed by atoms with Gasteiger partial charge >= 0.3 is 0 Å². The van der Waals surface area contributed by atoms with Crippen LogP contribution in [0.25, 0.3) is 0 Å². The van der Waals surface area contributed by atoms with E-state index in [9.17, 15) is 4.79 Å². The van der Waals surface area contributed by atoms with Gasteiger partial charge in [-0.05, 0) is 26.8 Å². The number of nitrogens with zero attached hydrogens (tertiary/aromatic N) is 2. The third kappa shape index (κ3) is 3.04. The largest absolute Gasteiger partial charge is 0.377 e. The van der Waals surface area contributed by atoms with Gasteiger partial charge in [-0.3, -0.25) is 4.79 Å². The van der Waals surface area contributed by atoms with Gasteiger partial charge in [0, 0.05) is 19.3 Å². The summed E-state index contributed by atoms with van der Waals surface area (Å²) in [5.74, 6) is 0.544. The fourth-order valence-corrected chi connectivity index (χ4v) is 2.48. The second-order valence-corrected chi connectivity index (χ2v) is 5.81. The predicted molar refractivity (Wildman–Crippen MR) is 79.3 cm³/mol. The highest BCUT2D eigenvalue weighted by atomic mass is 35.5. The highest BCUT2D eigenvalue weighted by Crippen LogP contribution is 2.25. The Morgan fingerprint density at radius 3 is 2.95 bits per heavy atom. The van der Waals surface area contributed by atoms with E-state index in [1.807, 2.05) is 25.7 Å². The number of nitrogens with one attached hydrogen (secondary N) is 1. The van der Waals surface area contributed by atoms with Gasteiger partial charge in [0.15, 0.2) is 0 Å². The molecule has 0 atom stereocenters. The Morgan fingerprint density at radius 1 is 1.60 bits per heavy atom. The summed E-state index contributed by atoms with van der Waals surface area (Å²) in [6.07, 6.45) is 1.57. The summed E-state index contributed by atoms with van der Waals surface area (Å²) in [7, 11) is 0. The molecule has 1 fully saturated rings. The van der Waals surface area contributed by atoms with Gasteiger partial charge in [0.25, 0.3) is 5.91 Å². The number of anilines is 1. The molecule has 2 heterocycles. The summed E-state index contributed by atoms with van der Waals surface area (Å²) in [4.78, 5) is 18.6. The SMILES string of the molecule is CCNc1ncc(C(=O)N2CCOCC2(C)C)cc1Cl. The maximum atomic E-state index is 12.6. The lowest BCUT2D eigenvalue weighted by molar-refractivity contribution is -0.0370. The second kappa shape index (κ2) is 5.97. The molecular formula is C14H20ClN3O2. The Morgan fingerprint density at radius 2 is 2.35 bits per heavy atom. The van der Waals surface area contributed by atoms with Crippen LogP contribution in [0.4, 0.5) is 5.82 Å². The van der Waals surface area contributed by atoms with Crippen LogP contribution >= 0.6 is 11.6 Å². The molecule has 0 radical (unpaired) electrons. The zero-order chi connectivity index (χ0) is 14.8. The summed E-state index contributed by atoms with van der Waals surface area (Å²) in [5.41, 5.74) is 0.189. The maximum absolute atomic E-state index is 12.6. The Balaban J connectivity index is 2.22. The van der Waals surface area contributed by atoms with Crippen LogP contribution in [0.2, 0.25) is 5.02 Å². The number of morpholine rings is 1. The van der Waals surface area contributed by atoms with Crippen molar-refractivity contribution in [1.82, 2.24) is 9.88 Å². The Hall–Kier alpha value is -1.33. The van der Waals surface area contributed by atoms with Crippen molar-refractivity contribution in [1.29, 1.82) is 0 Å². The standard InChI is InChI=1S/C14H20ClN3O2/c1-4-16-12-11(15)7-10(8-17-12)13(19)18-5-6-20-9-14(18,2)3/h7-8H,4-6,9H2,1-3H3,(H,16,17). The van der Waals surface area contributed by atoms with Gasteiger partial charge < -0.3 is 15.0 Å². The maximum Gasteiger partial charge on any atom is 0.256 e. The van der Waals surface area contributed by atoms with Crippen molar-refractivity contribution in [2.45, 2.75) is 26.3 Å². The summed E-state index contributed by atoms with van der Waals surface area (Å²) in [5, 5.41) is 3.51. The van der Waals surface area contributed by atoms with Crippen LogP contribution < -0.4 is 5.32 Å². The van der Waals surface area contributed by atoms with Crippen LogP contribution in [0.15, 0.2) is 12.3 Å². The van der Waals surface area contributed by atoms with E-state index in [1.54, 1.807) is 12.3 Å². The van der Waals surface area contributed by atoms with Crippen molar-refractivity contribution in [3.63, 3.8) is 0 Å². The molecule has 1 N–H and O–H groups in total. The molecular weight excluding hydrogens is 278 g/mol. The minimum absolute atomic E-state index is 0.0595. The van der Waals surface area contributed by atoms with Crippen molar-refractivity contribution in [3.8, 4) is 0 Å². The Bertz CT molecular complexity index is 505. The van der Waals surface area contributed by atoms with E-state index in [4.69, 9.17) is 16.3 Å². The van der Waals surface area contributed by atoms with Crippen LogP contribution in [-0.2, 0) is 4.74 Å². The molecule has 1 amide bonds. The third-order valence-corrected chi connectivity index (χ3v) is 3.61. The molecule has 1 aromatic rings. The van der Waals surface area contributed by atoms with Gasteiger partial charge in [-0.25, -0.2) is 4.98 Å². The third-order valence-electron chi connectivity index (χ3n) is 3.32. The number of halogens is 1. The molecule has 1 saturated heterocycles. The topological polar surface area (TPSA) is 54.5 Å². The first-order valence-corrected chi connectivity index (χ1v) is 7.12. The fraction of sp³-hybridized carbons (Fsp3) is 0.571. The number of carbonyl (C=O) groups is 1. The smallest absolute Gasteiger partial charge is 0.256 e. The van der Waals surface area contributed by atoms with E-state index in [0.29, 0.717) is 36.2 Å². The van der Waals surface area contributed by atoms with Gasteiger partial charge in [0.1, 0.15) is 5.82 Å². The number of aromatic nitrogens is 1. The van der Waals surface area contributed by atoms with Crippen molar-refractivity contribution in [2.24, 2.45) is 0 Å². The average Bonchev–Trinajstić information content (AvgIpc) is 2.40. The zero-order valence-electron chi connectivity index (χ0n) is 12.1. The normalized spacial score (nSPS) is 17.9. The molecule has 2 rings (SSSR count). The first-order valence-electron chi connectivity index (χ1n) is 6.75. The molecule has 0 aliphatic carbocycles. The number of ether oxygens (including phenoxy) is 1. The van der Waals surface area contributed by atoms with Gasteiger partial charge in [0.05, 0.1) is 29.3 Å². The zero-order valence-corrected chi connectivity index (χ0v) is 12.8. The van der Waals surface area contributed by atoms with E-state index in [-0.39, 0.29) is 11.4 Å². The van der Waals surface area contributed by atoms with E-state index < -0.39 is 0 Å². The summed E-state index contributed by atoms with van der Waals surface area (Å²) >= 11 is 6.14. The summed E-state index contributed by atoms with van der Waals surface area (Å²) in [6.45, 7) is 8.36. The molecule has 1 aromatic heterocycles. The minimum Gasteiger partial charge on any atom is -0.377 e. The van der Waals surface area contributed by atoms with E-state index in [1.165, 1.54) is 0 Å². The van der Waals surface area contributed by atoms with E-state index in [0.717, 1.165) is 6.54 Å². The van der Waals surface area contributed by atoms with Gasteiger partial charge in [-0.2, -0.15) is 0 Å². The number of hydrogen-bond acceptors (Lipinski definition) is 4. The highest BCUT2D eigenvalue weighted by molar-refractivity contribution is 6.33. The number of amides is 1. The Labute approximate surface area is 124 Å². The highest BCUT2D eigenvalue weighted by Gasteiger charge is 2.34. The summed E-state index contributed by atoms with van der Waals surface area (Å²) < 4.78 is 5.43. The average molecular weight is 298 g/mol. The quantitative estimate of drug-likeness (QED) is 0.931. The van der Waals surface area contributed by atoms with Crippen molar-refractivity contribution in [2.75, 3.05) is 31.6 Å². The van der Waals surface area contributed by atoms with Crippen LogP contribution in [0.3, 0.4) is 0 Å². The molecule has 0 aromatic carbocycles. The fourth-order valence-electron chi connectivity index (χ4n) is 2.24. The lowest BCUT2D eigenvalue weighted by atomic mass is 10.0. The number of pyridine rings is 1. The van der Waals surface area contributed by atoms with Crippen LogP contribution in [-0.4, -0.2) is 47.6 Å². The van der Waals surface area contributed by atoms with Crippen LogP contribution in [0, 0.1) is 0 Å². The monoisotopic (exact) mass is 297 g/mol. The van der Waals surface area contributed by atoms with Crippen molar-refractivity contribution in [3.05, 3.63) is 22.8 Å². The van der Waals surface area contributed by atoms with E-state index >= 15 is 0 Å². The molecule has 0 bridgehead atoms. The first kappa shape index (κ1) is 15.1. The van der Waals surface area contributed by atoms with Gasteiger partial charge in [0.2, 0.25) is 0 Å². The molecule has 1 aliphatic rings. The second-order valence-electron chi connectivity index (χ2n) is 5.41. The molecule has 0 unspecified atom stereocenters. The lowest BCUT2D eigenvalue weighted by Crippen LogP contribution is -2.55. The summed E-state index contributed by atoms with van der Waals surface area (Å²) in [6, 6.07) is 1.67. The van der Waals surface area contributed by atoms with Crippen molar-refractivity contribution >= 4 is 23.3 Å². The molecule has 1 aliphatic heterocycles. The molecule has 6 heteroatoms. The van der Waals surface area contributed by atoms with Crippen molar-refractivity contribution < 1.29 is 9.53 Å². The minimum atomic E-state index is -0.317. The molecule has 20 heavy (non-hydrogen) atoms. The number of rotatable bonds is 3. The van der Waals surface area contributed by atoms with Gasteiger partial charge in [-0.15, -0.1) is 0 Å². The molecule has 0 spiro atoms. The van der Waals surface area contributed by atoms with Crippen LogP contribution in [0.1, 0.15) is 31.1 Å². The molecule has 0 saturated carbocycles. The Kier molecular flexibility index (Phi) is 4.50. The predicted octanol–water partition coefficient (Wildman–Crippen LogP) is 2.42. The molecule has 5 nitrogen and oxygen atoms in total. The van der Waals surface area contributed by atoms with Gasteiger partial charge in [-0.1, -0.05) is 11.6 Å². The van der Waals surface area contributed by atoms with E-state index in [2.05, 4.69) is 10.3 Å². The molecule has 110 valence electrons. The lowest BCUT2D eigenvalue weighted by Gasteiger charge is -2.42. The number of carbonyl (C=O) groups excluding carboxylic acids is 1. The van der Waals surface area contributed by atoms with Crippen LogP contribution in [0.5, 0.6) is 0 Å². The first-order chi connectivity index (χ1) is 9.45. The number of hydrogen-bond donors (Lipinski definition) is 1.